The van der Waals surface area contributed by atoms with E-state index in [0.717, 1.165) is 24.9 Å². The molecule has 0 aliphatic carbocycles. The SMILES string of the molecule is CN(C)C(Cc1ccc(Cl)cc1)C(=O)N1CC(Cc2ccc3ccccc3c2)NCC1Cc1ccccc1. The van der Waals surface area contributed by atoms with Crippen LogP contribution in [0.4, 0.5) is 0 Å². The minimum absolute atomic E-state index is 0.102. The van der Waals surface area contributed by atoms with E-state index in [4.69, 9.17) is 11.6 Å². The van der Waals surface area contributed by atoms with Gasteiger partial charge in [0.15, 0.2) is 0 Å². The Bertz CT molecular complexity index is 1360. The maximum atomic E-state index is 14.2. The van der Waals surface area contributed by atoms with Gasteiger partial charge in [0.2, 0.25) is 5.91 Å². The zero-order valence-corrected chi connectivity index (χ0v) is 22.9. The Kier molecular flexibility index (Phi) is 8.43. The van der Waals surface area contributed by atoms with E-state index in [1.54, 1.807) is 0 Å². The predicted octanol–water partition coefficient (Wildman–Crippen LogP) is 5.62. The van der Waals surface area contributed by atoms with Crippen molar-refractivity contribution in [2.45, 2.75) is 37.4 Å². The van der Waals surface area contributed by atoms with Crippen LogP contribution in [0.1, 0.15) is 16.7 Å². The molecule has 38 heavy (non-hydrogen) atoms. The fourth-order valence-electron chi connectivity index (χ4n) is 5.52. The van der Waals surface area contributed by atoms with E-state index in [1.807, 2.05) is 44.4 Å². The van der Waals surface area contributed by atoms with Crippen molar-refractivity contribution in [2.24, 2.45) is 0 Å². The van der Waals surface area contributed by atoms with Gasteiger partial charge in [-0.2, -0.15) is 0 Å². The highest BCUT2D eigenvalue weighted by molar-refractivity contribution is 6.30. The number of hydrogen-bond acceptors (Lipinski definition) is 3. The number of rotatable bonds is 8. The summed E-state index contributed by atoms with van der Waals surface area (Å²) in [5.41, 5.74) is 3.66. The first-order valence-corrected chi connectivity index (χ1v) is 13.8. The van der Waals surface area contributed by atoms with Crippen LogP contribution in [0.25, 0.3) is 10.8 Å². The molecule has 4 aromatic rings. The lowest BCUT2D eigenvalue weighted by Gasteiger charge is -2.43. The molecular formula is C33H36ClN3O. The normalized spacial score (nSPS) is 18.6. The Morgan fingerprint density at radius 1 is 0.868 bits per heavy atom. The first-order chi connectivity index (χ1) is 18.5. The molecule has 3 atom stereocenters. The standard InChI is InChI=1S/C33H36ClN3O/c1-36(2)32(21-25-13-16-29(34)17-14-25)33(38)37-23-30(35-22-31(37)20-24-8-4-3-5-9-24)19-26-12-15-27-10-6-7-11-28(27)18-26/h3-18,30-32,35H,19-23H2,1-2H3. The number of amides is 1. The molecule has 5 heteroatoms. The highest BCUT2D eigenvalue weighted by Crippen LogP contribution is 2.22. The van der Waals surface area contributed by atoms with Crippen molar-refractivity contribution >= 4 is 28.3 Å². The van der Waals surface area contributed by atoms with Gasteiger partial charge in [0.25, 0.3) is 0 Å². The molecule has 0 saturated carbocycles. The Balaban J connectivity index is 1.37. The summed E-state index contributed by atoms with van der Waals surface area (Å²) in [4.78, 5) is 18.4. The van der Waals surface area contributed by atoms with E-state index >= 15 is 0 Å². The molecular weight excluding hydrogens is 490 g/mol. The molecule has 1 saturated heterocycles. The summed E-state index contributed by atoms with van der Waals surface area (Å²) < 4.78 is 0. The molecule has 1 heterocycles. The van der Waals surface area contributed by atoms with Crippen molar-refractivity contribution in [3.8, 4) is 0 Å². The summed E-state index contributed by atoms with van der Waals surface area (Å²) in [5, 5.41) is 6.99. The number of nitrogens with one attached hydrogen (secondary N) is 1. The lowest BCUT2D eigenvalue weighted by atomic mass is 9.95. The van der Waals surface area contributed by atoms with Gasteiger partial charge >= 0.3 is 0 Å². The molecule has 0 radical (unpaired) electrons. The van der Waals surface area contributed by atoms with E-state index in [9.17, 15) is 4.79 Å². The van der Waals surface area contributed by atoms with Gasteiger partial charge in [-0.25, -0.2) is 0 Å². The largest absolute Gasteiger partial charge is 0.335 e. The van der Waals surface area contributed by atoms with Crippen molar-refractivity contribution < 1.29 is 4.79 Å². The minimum Gasteiger partial charge on any atom is -0.335 e. The Morgan fingerprint density at radius 3 is 2.29 bits per heavy atom. The van der Waals surface area contributed by atoms with Crippen LogP contribution in [-0.2, 0) is 24.1 Å². The molecule has 3 unspecified atom stereocenters. The van der Waals surface area contributed by atoms with Gasteiger partial charge in [0.1, 0.15) is 0 Å². The molecule has 1 amide bonds. The molecule has 0 spiro atoms. The number of likely N-dealkylation sites (N-methyl/N-ethyl adjacent to an activating group) is 1. The lowest BCUT2D eigenvalue weighted by Crippen LogP contribution is -2.62. The summed E-state index contributed by atoms with van der Waals surface area (Å²) in [6, 6.07) is 33.6. The van der Waals surface area contributed by atoms with Crippen LogP contribution in [0.3, 0.4) is 0 Å². The minimum atomic E-state index is -0.242. The predicted molar refractivity (Wildman–Crippen MR) is 158 cm³/mol. The summed E-state index contributed by atoms with van der Waals surface area (Å²) in [6.07, 6.45) is 2.38. The lowest BCUT2D eigenvalue weighted by molar-refractivity contribution is -0.140. The van der Waals surface area contributed by atoms with E-state index in [1.165, 1.54) is 21.9 Å². The topological polar surface area (TPSA) is 35.6 Å². The zero-order chi connectivity index (χ0) is 26.5. The number of halogens is 1. The second-order valence-electron chi connectivity index (χ2n) is 10.6. The van der Waals surface area contributed by atoms with Crippen molar-refractivity contribution in [1.29, 1.82) is 0 Å². The first kappa shape index (κ1) is 26.4. The van der Waals surface area contributed by atoms with Gasteiger partial charge in [-0.05, 0) is 73.0 Å². The summed E-state index contributed by atoms with van der Waals surface area (Å²) in [7, 11) is 4.00. The number of hydrogen-bond donors (Lipinski definition) is 1. The molecule has 1 aliphatic heterocycles. The van der Waals surface area contributed by atoms with Gasteiger partial charge in [-0.15, -0.1) is 0 Å². The number of nitrogens with zero attached hydrogens (tertiary/aromatic N) is 2. The summed E-state index contributed by atoms with van der Waals surface area (Å²) in [5.74, 6) is 0.191. The van der Waals surface area contributed by atoms with E-state index < -0.39 is 0 Å². The van der Waals surface area contributed by atoms with Gasteiger partial charge in [-0.1, -0.05) is 96.5 Å². The van der Waals surface area contributed by atoms with Crippen LogP contribution >= 0.6 is 11.6 Å². The molecule has 1 fully saturated rings. The third kappa shape index (κ3) is 6.44. The molecule has 1 aliphatic rings. The highest BCUT2D eigenvalue weighted by atomic mass is 35.5. The monoisotopic (exact) mass is 525 g/mol. The Hall–Kier alpha value is -3.18. The highest BCUT2D eigenvalue weighted by Gasteiger charge is 2.35. The van der Waals surface area contributed by atoms with Gasteiger partial charge in [0, 0.05) is 30.2 Å². The average molecular weight is 526 g/mol. The van der Waals surface area contributed by atoms with Crippen LogP contribution in [0.5, 0.6) is 0 Å². The van der Waals surface area contributed by atoms with Crippen LogP contribution in [-0.4, -0.2) is 61.0 Å². The van der Waals surface area contributed by atoms with Crippen molar-refractivity contribution in [2.75, 3.05) is 27.2 Å². The fraction of sp³-hybridized carbons (Fsp3) is 0.303. The van der Waals surface area contributed by atoms with E-state index in [0.29, 0.717) is 18.0 Å². The quantitative estimate of drug-likeness (QED) is 0.324. The number of benzene rings is 4. The number of piperazine rings is 1. The van der Waals surface area contributed by atoms with Crippen molar-refractivity contribution in [3.05, 3.63) is 119 Å². The van der Waals surface area contributed by atoms with Crippen LogP contribution in [0.2, 0.25) is 5.02 Å². The van der Waals surface area contributed by atoms with Gasteiger partial charge in [0.05, 0.1) is 6.04 Å². The maximum absolute atomic E-state index is 14.2. The number of carbonyl (C=O) groups excluding carboxylic acids is 1. The van der Waals surface area contributed by atoms with Crippen molar-refractivity contribution in [3.63, 3.8) is 0 Å². The fourth-order valence-corrected chi connectivity index (χ4v) is 5.64. The Labute approximate surface area is 231 Å². The molecule has 4 aromatic carbocycles. The zero-order valence-electron chi connectivity index (χ0n) is 22.2. The molecule has 0 bridgehead atoms. The third-order valence-electron chi connectivity index (χ3n) is 7.64. The van der Waals surface area contributed by atoms with E-state index in [2.05, 4.69) is 81.8 Å². The summed E-state index contributed by atoms with van der Waals surface area (Å²) in [6.45, 7) is 1.47. The molecule has 196 valence electrons. The molecule has 0 aromatic heterocycles. The van der Waals surface area contributed by atoms with Crippen molar-refractivity contribution in [1.82, 2.24) is 15.1 Å². The average Bonchev–Trinajstić information content (AvgIpc) is 2.93. The maximum Gasteiger partial charge on any atom is 0.240 e. The number of fused-ring (bicyclic) bond motifs is 1. The first-order valence-electron chi connectivity index (χ1n) is 13.4. The number of carbonyl (C=O) groups is 1. The van der Waals surface area contributed by atoms with Crippen LogP contribution in [0.15, 0.2) is 97.1 Å². The second-order valence-corrected chi connectivity index (χ2v) is 11.1. The van der Waals surface area contributed by atoms with Gasteiger partial charge < -0.3 is 10.2 Å². The van der Waals surface area contributed by atoms with E-state index in [-0.39, 0.29) is 24.0 Å². The van der Waals surface area contributed by atoms with Crippen LogP contribution < -0.4 is 5.32 Å². The second kappa shape index (κ2) is 12.1. The molecule has 5 rings (SSSR count). The van der Waals surface area contributed by atoms with Gasteiger partial charge in [-0.3, -0.25) is 9.69 Å². The molecule has 4 nitrogen and oxygen atoms in total. The molecule has 1 N–H and O–H groups in total. The third-order valence-corrected chi connectivity index (χ3v) is 7.90. The smallest absolute Gasteiger partial charge is 0.240 e. The Morgan fingerprint density at radius 2 is 1.55 bits per heavy atom. The summed E-state index contributed by atoms with van der Waals surface area (Å²) >= 11 is 6.11. The van der Waals surface area contributed by atoms with Crippen LogP contribution in [0, 0.1) is 0 Å².